The summed E-state index contributed by atoms with van der Waals surface area (Å²) >= 11 is 0. The highest BCUT2D eigenvalue weighted by atomic mass is 16.3. The molecule has 2 amide bonds. The van der Waals surface area contributed by atoms with Crippen LogP contribution in [-0.4, -0.2) is 37.6 Å². The van der Waals surface area contributed by atoms with Crippen LogP contribution in [0.1, 0.15) is 19.8 Å². The van der Waals surface area contributed by atoms with Gasteiger partial charge in [-0.1, -0.05) is 6.92 Å². The minimum Gasteiger partial charge on any atom is -0.395 e. The van der Waals surface area contributed by atoms with Gasteiger partial charge in [0.1, 0.15) is 0 Å². The van der Waals surface area contributed by atoms with E-state index in [2.05, 4.69) is 10.6 Å². The van der Waals surface area contributed by atoms with Gasteiger partial charge in [-0.05, 0) is 6.42 Å². The fourth-order valence-corrected chi connectivity index (χ4v) is 0.476. The van der Waals surface area contributed by atoms with Crippen LogP contribution in [0.4, 0.5) is 0 Å². The normalized spacial score (nSPS) is 7.92. The lowest BCUT2D eigenvalue weighted by Crippen LogP contribution is -2.16. The fraction of sp³-hybridized carbons (Fsp3) is 0.750. The Balaban J connectivity index is 0. The molecule has 13 heavy (non-hydrogen) atoms. The molecular weight excluding hydrogens is 172 g/mol. The Morgan fingerprint density at radius 3 is 2.31 bits per heavy atom. The van der Waals surface area contributed by atoms with Crippen molar-refractivity contribution in [1.29, 1.82) is 0 Å². The molecule has 0 rings (SSSR count). The van der Waals surface area contributed by atoms with Crippen LogP contribution in [0.15, 0.2) is 0 Å². The zero-order valence-electron chi connectivity index (χ0n) is 8.17. The Morgan fingerprint density at radius 1 is 1.54 bits per heavy atom. The molecule has 0 aromatic rings. The first-order valence-electron chi connectivity index (χ1n) is 4.21. The number of rotatable bonds is 5. The first-order valence-corrected chi connectivity index (χ1v) is 4.21. The third-order valence-corrected chi connectivity index (χ3v) is 1.10. The summed E-state index contributed by atoms with van der Waals surface area (Å²) in [6, 6.07) is 0. The van der Waals surface area contributed by atoms with E-state index in [1.54, 1.807) is 7.05 Å². The zero-order valence-corrected chi connectivity index (χ0v) is 8.17. The van der Waals surface area contributed by atoms with Crippen molar-refractivity contribution in [3.8, 4) is 0 Å². The fourth-order valence-electron chi connectivity index (χ4n) is 0.476. The Kier molecular flexibility index (Phi) is 15.0. The van der Waals surface area contributed by atoms with Crippen molar-refractivity contribution in [2.45, 2.75) is 19.8 Å². The van der Waals surface area contributed by atoms with Crippen LogP contribution in [0.2, 0.25) is 0 Å². The zero-order chi connectivity index (χ0) is 10.5. The first kappa shape index (κ1) is 14.4. The number of aliphatic hydroxyl groups excluding tert-OH is 1. The maximum atomic E-state index is 10.3. The van der Waals surface area contributed by atoms with Gasteiger partial charge in [-0.15, -0.1) is 0 Å². The summed E-state index contributed by atoms with van der Waals surface area (Å²) in [4.78, 5) is 19.6. The molecule has 5 heteroatoms. The summed E-state index contributed by atoms with van der Waals surface area (Å²) in [5, 5.41) is 12.8. The van der Waals surface area contributed by atoms with Crippen LogP contribution in [0.25, 0.3) is 0 Å². The molecule has 0 heterocycles. The highest BCUT2D eigenvalue weighted by Gasteiger charge is 1.89. The lowest BCUT2D eigenvalue weighted by atomic mass is 10.3. The van der Waals surface area contributed by atoms with Gasteiger partial charge in [0, 0.05) is 20.0 Å². The number of carbonyl (C=O) groups excluding carboxylic acids is 2. The van der Waals surface area contributed by atoms with E-state index in [4.69, 9.17) is 5.11 Å². The van der Waals surface area contributed by atoms with Crippen LogP contribution in [0.5, 0.6) is 0 Å². The molecule has 0 fully saturated rings. The minimum atomic E-state index is 0.0126. The SMILES string of the molecule is CCCC(=O)NC.O=CNCCO. The summed E-state index contributed by atoms with van der Waals surface area (Å²) in [7, 11) is 1.65. The van der Waals surface area contributed by atoms with Crippen molar-refractivity contribution in [2.75, 3.05) is 20.2 Å². The third-order valence-electron chi connectivity index (χ3n) is 1.10. The number of carbonyl (C=O) groups is 2. The number of hydrogen-bond acceptors (Lipinski definition) is 3. The topological polar surface area (TPSA) is 78.4 Å². The first-order chi connectivity index (χ1) is 6.22. The van der Waals surface area contributed by atoms with Crippen LogP contribution < -0.4 is 10.6 Å². The quantitative estimate of drug-likeness (QED) is 0.394. The molecule has 0 aromatic heterocycles. The highest BCUT2D eigenvalue weighted by Crippen LogP contribution is 1.82. The van der Waals surface area contributed by atoms with Crippen molar-refractivity contribution in [3.63, 3.8) is 0 Å². The molecule has 0 unspecified atom stereocenters. The van der Waals surface area contributed by atoms with E-state index in [0.717, 1.165) is 6.42 Å². The van der Waals surface area contributed by atoms with Gasteiger partial charge in [-0.3, -0.25) is 9.59 Å². The average molecular weight is 190 g/mol. The number of nitrogens with one attached hydrogen (secondary N) is 2. The van der Waals surface area contributed by atoms with E-state index in [-0.39, 0.29) is 12.5 Å². The van der Waals surface area contributed by atoms with Crippen molar-refractivity contribution < 1.29 is 14.7 Å². The second-order valence-electron chi connectivity index (χ2n) is 2.22. The lowest BCUT2D eigenvalue weighted by molar-refractivity contribution is -0.120. The van der Waals surface area contributed by atoms with Crippen LogP contribution >= 0.6 is 0 Å². The number of amides is 2. The summed E-state index contributed by atoms with van der Waals surface area (Å²) in [5.74, 6) is 0.127. The maximum absolute atomic E-state index is 10.3. The minimum absolute atomic E-state index is 0.0126. The van der Waals surface area contributed by atoms with Gasteiger partial charge in [0.05, 0.1) is 6.61 Å². The predicted octanol–water partition coefficient (Wildman–Crippen LogP) is -0.743. The molecule has 0 saturated carbocycles. The number of hydrogen-bond donors (Lipinski definition) is 3. The van der Waals surface area contributed by atoms with E-state index < -0.39 is 0 Å². The van der Waals surface area contributed by atoms with E-state index in [9.17, 15) is 9.59 Å². The van der Waals surface area contributed by atoms with E-state index in [1.807, 2.05) is 6.92 Å². The van der Waals surface area contributed by atoms with Gasteiger partial charge in [0.15, 0.2) is 0 Å². The Labute approximate surface area is 78.5 Å². The van der Waals surface area contributed by atoms with E-state index >= 15 is 0 Å². The van der Waals surface area contributed by atoms with Crippen LogP contribution in [-0.2, 0) is 9.59 Å². The molecule has 0 spiro atoms. The Hall–Kier alpha value is -1.10. The molecular formula is C8H18N2O3. The molecule has 0 aromatic carbocycles. The second kappa shape index (κ2) is 13.5. The van der Waals surface area contributed by atoms with Crippen molar-refractivity contribution in [2.24, 2.45) is 0 Å². The lowest BCUT2D eigenvalue weighted by Gasteiger charge is -1.91. The van der Waals surface area contributed by atoms with Crippen LogP contribution in [0.3, 0.4) is 0 Å². The van der Waals surface area contributed by atoms with Gasteiger partial charge in [-0.25, -0.2) is 0 Å². The molecule has 0 aliphatic rings. The summed E-state index contributed by atoms with van der Waals surface area (Å²) in [6.45, 7) is 2.34. The molecule has 78 valence electrons. The van der Waals surface area contributed by atoms with Crippen LogP contribution in [0, 0.1) is 0 Å². The van der Waals surface area contributed by atoms with Crippen molar-refractivity contribution in [3.05, 3.63) is 0 Å². The van der Waals surface area contributed by atoms with Gasteiger partial charge >= 0.3 is 0 Å². The number of aliphatic hydroxyl groups is 1. The average Bonchev–Trinajstić information content (AvgIpc) is 2.16. The summed E-state index contributed by atoms with van der Waals surface area (Å²) in [6.07, 6.45) is 2.13. The van der Waals surface area contributed by atoms with Gasteiger partial charge in [-0.2, -0.15) is 0 Å². The second-order valence-corrected chi connectivity index (χ2v) is 2.22. The van der Waals surface area contributed by atoms with Crippen molar-refractivity contribution in [1.82, 2.24) is 10.6 Å². The monoisotopic (exact) mass is 190 g/mol. The molecule has 0 radical (unpaired) electrons. The Bertz CT molecular complexity index is 129. The molecule has 0 saturated heterocycles. The molecule has 0 bridgehead atoms. The molecule has 3 N–H and O–H groups in total. The van der Waals surface area contributed by atoms with Crippen molar-refractivity contribution >= 4 is 12.3 Å². The summed E-state index contributed by atoms with van der Waals surface area (Å²) in [5.41, 5.74) is 0. The van der Waals surface area contributed by atoms with Gasteiger partial charge < -0.3 is 15.7 Å². The molecule has 0 aliphatic heterocycles. The standard InChI is InChI=1S/C5H11NO.C3H7NO2/c1-3-4-5(7)6-2;5-2-1-4-3-6/h3-4H2,1-2H3,(H,6,7);3,5H,1-2H2,(H,4,6). The summed E-state index contributed by atoms with van der Waals surface area (Å²) < 4.78 is 0. The van der Waals surface area contributed by atoms with E-state index in [1.165, 1.54) is 0 Å². The highest BCUT2D eigenvalue weighted by molar-refractivity contribution is 5.75. The smallest absolute Gasteiger partial charge is 0.219 e. The van der Waals surface area contributed by atoms with E-state index in [0.29, 0.717) is 19.4 Å². The maximum Gasteiger partial charge on any atom is 0.219 e. The Morgan fingerprint density at radius 2 is 2.15 bits per heavy atom. The molecule has 5 nitrogen and oxygen atoms in total. The van der Waals surface area contributed by atoms with Gasteiger partial charge in [0.25, 0.3) is 0 Å². The third kappa shape index (κ3) is 18.1. The molecule has 0 atom stereocenters. The van der Waals surface area contributed by atoms with Gasteiger partial charge in [0.2, 0.25) is 12.3 Å². The molecule has 0 aliphatic carbocycles. The predicted molar refractivity (Wildman–Crippen MR) is 50.1 cm³/mol. The largest absolute Gasteiger partial charge is 0.395 e.